The van der Waals surface area contributed by atoms with Crippen LogP contribution >= 0.6 is 0 Å². The first kappa shape index (κ1) is 14.0. The molecule has 5 heteroatoms. The number of amides is 1. The number of carbonyl (C=O) groups is 1. The number of benzene rings is 2. The van der Waals surface area contributed by atoms with Crippen molar-refractivity contribution in [2.45, 2.75) is 13.2 Å². The number of hydrogen-bond acceptors (Lipinski definition) is 3. The van der Waals surface area contributed by atoms with Crippen LogP contribution in [0.5, 0.6) is 0 Å². The van der Waals surface area contributed by atoms with Gasteiger partial charge in [-0.15, -0.1) is 0 Å². The van der Waals surface area contributed by atoms with Gasteiger partial charge in [0.2, 0.25) is 0 Å². The van der Waals surface area contributed by atoms with Gasteiger partial charge in [-0.3, -0.25) is 4.79 Å². The molecule has 4 nitrogen and oxygen atoms in total. The first-order chi connectivity index (χ1) is 9.60. The second-order valence-corrected chi connectivity index (χ2v) is 4.39. The van der Waals surface area contributed by atoms with Crippen molar-refractivity contribution >= 4 is 11.6 Å². The van der Waals surface area contributed by atoms with E-state index < -0.39 is 5.82 Å². The van der Waals surface area contributed by atoms with Crippen molar-refractivity contribution in [3.05, 3.63) is 65.0 Å². The lowest BCUT2D eigenvalue weighted by molar-refractivity contribution is 0.0952. The molecule has 4 N–H and O–H groups in total. The van der Waals surface area contributed by atoms with Crippen LogP contribution < -0.4 is 11.1 Å². The van der Waals surface area contributed by atoms with E-state index in [-0.39, 0.29) is 23.8 Å². The Hall–Kier alpha value is -2.40. The van der Waals surface area contributed by atoms with Crippen molar-refractivity contribution in [1.29, 1.82) is 0 Å². The molecule has 0 atom stereocenters. The molecule has 0 aliphatic heterocycles. The number of rotatable bonds is 4. The molecule has 0 aliphatic rings. The van der Waals surface area contributed by atoms with Crippen LogP contribution in [-0.4, -0.2) is 11.0 Å². The highest BCUT2D eigenvalue weighted by atomic mass is 19.1. The van der Waals surface area contributed by atoms with Gasteiger partial charge in [0.25, 0.3) is 5.91 Å². The van der Waals surface area contributed by atoms with Crippen molar-refractivity contribution in [2.24, 2.45) is 0 Å². The third-order valence-corrected chi connectivity index (χ3v) is 2.89. The first-order valence-electron chi connectivity index (χ1n) is 6.12. The molecule has 0 fully saturated rings. The molecule has 2 rings (SSSR count). The summed E-state index contributed by atoms with van der Waals surface area (Å²) >= 11 is 0. The number of nitrogens with one attached hydrogen (secondary N) is 1. The number of carbonyl (C=O) groups excluding carboxylic acids is 1. The minimum Gasteiger partial charge on any atom is -0.398 e. The van der Waals surface area contributed by atoms with Crippen LogP contribution in [0.15, 0.2) is 42.5 Å². The number of hydrogen-bond donors (Lipinski definition) is 3. The third kappa shape index (κ3) is 3.33. The molecule has 0 aliphatic carbocycles. The van der Waals surface area contributed by atoms with E-state index in [0.717, 1.165) is 17.2 Å². The van der Waals surface area contributed by atoms with E-state index in [2.05, 4.69) is 5.32 Å². The highest BCUT2D eigenvalue weighted by Gasteiger charge is 2.10. The largest absolute Gasteiger partial charge is 0.398 e. The van der Waals surface area contributed by atoms with E-state index in [9.17, 15) is 9.18 Å². The molecule has 20 heavy (non-hydrogen) atoms. The molecule has 0 saturated carbocycles. The molecule has 104 valence electrons. The molecule has 0 heterocycles. The highest BCUT2D eigenvalue weighted by Crippen LogP contribution is 2.13. The quantitative estimate of drug-likeness (QED) is 0.744. The maximum atomic E-state index is 12.9. The third-order valence-electron chi connectivity index (χ3n) is 2.89. The summed E-state index contributed by atoms with van der Waals surface area (Å²) in [6.45, 7) is 0.260. The van der Waals surface area contributed by atoms with Crippen LogP contribution in [0.3, 0.4) is 0 Å². The van der Waals surface area contributed by atoms with E-state index in [1.165, 1.54) is 12.1 Å². The summed E-state index contributed by atoms with van der Waals surface area (Å²) in [5.41, 5.74) is 7.59. The SMILES string of the molecule is Nc1cc(F)ccc1C(=O)NCc1cccc(CO)c1. The number of aliphatic hydroxyl groups excluding tert-OH is 1. The lowest BCUT2D eigenvalue weighted by Crippen LogP contribution is -2.23. The molecule has 0 saturated heterocycles. The summed E-state index contributed by atoms with van der Waals surface area (Å²) in [6, 6.07) is 10.9. The van der Waals surface area contributed by atoms with Gasteiger partial charge in [-0.05, 0) is 29.3 Å². The van der Waals surface area contributed by atoms with E-state index in [1.54, 1.807) is 18.2 Å². The van der Waals surface area contributed by atoms with Gasteiger partial charge < -0.3 is 16.2 Å². The summed E-state index contributed by atoms with van der Waals surface area (Å²) in [6.07, 6.45) is 0. The first-order valence-corrected chi connectivity index (χ1v) is 6.12. The summed E-state index contributed by atoms with van der Waals surface area (Å²) in [4.78, 5) is 11.9. The average Bonchev–Trinajstić information content (AvgIpc) is 2.45. The van der Waals surface area contributed by atoms with Crippen molar-refractivity contribution < 1.29 is 14.3 Å². The van der Waals surface area contributed by atoms with Crippen LogP contribution in [0.25, 0.3) is 0 Å². The van der Waals surface area contributed by atoms with Crippen LogP contribution in [0.4, 0.5) is 10.1 Å². The van der Waals surface area contributed by atoms with E-state index >= 15 is 0 Å². The molecule has 0 radical (unpaired) electrons. The summed E-state index contributed by atoms with van der Waals surface area (Å²) in [5, 5.41) is 11.7. The summed E-state index contributed by atoms with van der Waals surface area (Å²) < 4.78 is 12.9. The normalized spacial score (nSPS) is 10.3. The average molecular weight is 274 g/mol. The molecule has 1 amide bonds. The Bertz CT molecular complexity index is 629. The number of nitrogens with two attached hydrogens (primary N) is 1. The minimum absolute atomic E-state index is 0.0489. The fraction of sp³-hybridized carbons (Fsp3) is 0.133. The maximum absolute atomic E-state index is 12.9. The molecule has 0 aromatic heterocycles. The van der Waals surface area contributed by atoms with E-state index in [0.29, 0.717) is 6.54 Å². The lowest BCUT2D eigenvalue weighted by atomic mass is 10.1. The zero-order chi connectivity index (χ0) is 14.5. The predicted molar refractivity (Wildman–Crippen MR) is 74.3 cm³/mol. The van der Waals surface area contributed by atoms with E-state index in [1.807, 2.05) is 6.07 Å². The Balaban J connectivity index is 2.04. The van der Waals surface area contributed by atoms with Gasteiger partial charge in [-0.1, -0.05) is 24.3 Å². The van der Waals surface area contributed by atoms with Gasteiger partial charge in [0, 0.05) is 12.2 Å². The van der Waals surface area contributed by atoms with Crippen molar-refractivity contribution in [2.75, 3.05) is 5.73 Å². The van der Waals surface area contributed by atoms with Gasteiger partial charge in [0.15, 0.2) is 0 Å². The minimum atomic E-state index is -0.477. The zero-order valence-electron chi connectivity index (χ0n) is 10.8. The molecule has 0 unspecified atom stereocenters. The Morgan fingerprint density at radius 1 is 1.20 bits per heavy atom. The fourth-order valence-corrected chi connectivity index (χ4v) is 1.86. The van der Waals surface area contributed by atoms with Crippen LogP contribution in [0, 0.1) is 5.82 Å². The Morgan fingerprint density at radius 2 is 1.95 bits per heavy atom. The second-order valence-electron chi connectivity index (χ2n) is 4.39. The van der Waals surface area contributed by atoms with Crippen LogP contribution in [0.1, 0.15) is 21.5 Å². The fourth-order valence-electron chi connectivity index (χ4n) is 1.86. The van der Waals surface area contributed by atoms with Gasteiger partial charge in [0.05, 0.1) is 12.2 Å². The van der Waals surface area contributed by atoms with Gasteiger partial charge in [-0.25, -0.2) is 4.39 Å². The summed E-state index contributed by atoms with van der Waals surface area (Å²) in [5.74, 6) is -0.841. The van der Waals surface area contributed by atoms with Crippen LogP contribution in [0.2, 0.25) is 0 Å². The topological polar surface area (TPSA) is 75.4 Å². The molecular weight excluding hydrogens is 259 g/mol. The molecule has 0 bridgehead atoms. The number of anilines is 1. The van der Waals surface area contributed by atoms with E-state index in [4.69, 9.17) is 10.8 Å². The maximum Gasteiger partial charge on any atom is 0.253 e. The number of aliphatic hydroxyl groups is 1. The van der Waals surface area contributed by atoms with Gasteiger partial charge in [0.1, 0.15) is 5.82 Å². The standard InChI is InChI=1S/C15H15FN2O2/c16-12-4-5-13(14(17)7-12)15(20)18-8-10-2-1-3-11(6-10)9-19/h1-7,19H,8-9,17H2,(H,18,20). The lowest BCUT2D eigenvalue weighted by Gasteiger charge is -2.08. The molecule has 2 aromatic carbocycles. The predicted octanol–water partition coefficient (Wildman–Crippen LogP) is 1.83. The second kappa shape index (κ2) is 6.16. The number of nitrogen functional groups attached to an aromatic ring is 1. The summed E-state index contributed by atoms with van der Waals surface area (Å²) in [7, 11) is 0. The van der Waals surface area contributed by atoms with Gasteiger partial charge in [-0.2, -0.15) is 0 Å². The molecule has 0 spiro atoms. The van der Waals surface area contributed by atoms with Crippen molar-refractivity contribution in [3.8, 4) is 0 Å². The van der Waals surface area contributed by atoms with Gasteiger partial charge >= 0.3 is 0 Å². The Kier molecular flexibility index (Phi) is 4.32. The van der Waals surface area contributed by atoms with Crippen molar-refractivity contribution in [1.82, 2.24) is 5.32 Å². The smallest absolute Gasteiger partial charge is 0.253 e. The Morgan fingerprint density at radius 3 is 2.65 bits per heavy atom. The molecule has 2 aromatic rings. The number of halogens is 1. The van der Waals surface area contributed by atoms with Crippen molar-refractivity contribution in [3.63, 3.8) is 0 Å². The highest BCUT2D eigenvalue weighted by molar-refractivity contribution is 5.99. The molecular formula is C15H15FN2O2. The van der Waals surface area contributed by atoms with Crippen LogP contribution in [-0.2, 0) is 13.2 Å². The monoisotopic (exact) mass is 274 g/mol. The zero-order valence-corrected chi connectivity index (χ0v) is 10.8. The Labute approximate surface area is 116 Å².